The number of methoxy groups -OCH3 is 1. The first-order valence-corrected chi connectivity index (χ1v) is 12.7. The lowest BCUT2D eigenvalue weighted by Crippen LogP contribution is -2.37. The molecular weight excluding hydrogens is 460 g/mol. The van der Waals surface area contributed by atoms with E-state index in [0.717, 1.165) is 11.3 Å². The zero-order valence-electron chi connectivity index (χ0n) is 16.7. The molecule has 10 heteroatoms. The zero-order valence-corrected chi connectivity index (χ0v) is 19.1. The van der Waals surface area contributed by atoms with Gasteiger partial charge in [0.2, 0.25) is 0 Å². The molecule has 1 amide bonds. The molecule has 2 atom stereocenters. The van der Waals surface area contributed by atoms with Crippen molar-refractivity contribution in [3.63, 3.8) is 0 Å². The number of aliphatic imine (C=N–C) groups is 1. The molecule has 2 heterocycles. The maximum atomic E-state index is 12.5. The highest BCUT2D eigenvalue weighted by atomic mass is 35.5. The number of amides is 1. The number of ether oxygens (including phenoxy) is 2. The van der Waals surface area contributed by atoms with E-state index in [4.69, 9.17) is 21.1 Å². The third-order valence-corrected chi connectivity index (χ3v) is 8.58. The fourth-order valence-corrected chi connectivity index (χ4v) is 7.66. The van der Waals surface area contributed by atoms with Crippen molar-refractivity contribution in [3.8, 4) is 11.5 Å². The van der Waals surface area contributed by atoms with Crippen LogP contribution >= 0.6 is 23.4 Å². The number of nitrogens with zero attached hydrogens (tertiary/aromatic N) is 2. The van der Waals surface area contributed by atoms with E-state index in [1.54, 1.807) is 31.4 Å². The molecular formula is C21H21ClN2O5S2. The van der Waals surface area contributed by atoms with Crippen LogP contribution in [0.15, 0.2) is 53.5 Å². The van der Waals surface area contributed by atoms with Gasteiger partial charge in [-0.3, -0.25) is 4.79 Å². The van der Waals surface area contributed by atoms with Gasteiger partial charge in [-0.1, -0.05) is 35.5 Å². The molecule has 0 aromatic heterocycles. The molecule has 7 nitrogen and oxygen atoms in total. The lowest BCUT2D eigenvalue weighted by atomic mass is 10.1. The van der Waals surface area contributed by atoms with Gasteiger partial charge < -0.3 is 14.4 Å². The summed E-state index contributed by atoms with van der Waals surface area (Å²) in [7, 11) is -1.50. The maximum Gasteiger partial charge on any atom is 0.285 e. The second-order valence-corrected chi connectivity index (χ2v) is 11.1. The van der Waals surface area contributed by atoms with Gasteiger partial charge >= 0.3 is 0 Å². The number of hydrogen-bond acceptors (Lipinski definition) is 6. The summed E-state index contributed by atoms with van der Waals surface area (Å²) in [5.74, 6) is 0.991. The minimum atomic E-state index is -3.10. The summed E-state index contributed by atoms with van der Waals surface area (Å²) in [6, 6.07) is 14.0. The van der Waals surface area contributed by atoms with Gasteiger partial charge in [0.25, 0.3) is 5.91 Å². The number of halogens is 1. The van der Waals surface area contributed by atoms with Gasteiger partial charge in [0.05, 0.1) is 24.7 Å². The molecule has 0 aliphatic carbocycles. The monoisotopic (exact) mass is 480 g/mol. The van der Waals surface area contributed by atoms with E-state index in [1.165, 1.54) is 11.8 Å². The van der Waals surface area contributed by atoms with Crippen LogP contribution in [0.2, 0.25) is 5.02 Å². The molecule has 2 aliphatic rings. The second kappa shape index (κ2) is 9.10. The Morgan fingerprint density at radius 1 is 1.13 bits per heavy atom. The number of amidine groups is 1. The molecule has 164 valence electrons. The van der Waals surface area contributed by atoms with Crippen LogP contribution in [0.3, 0.4) is 0 Å². The first-order valence-electron chi connectivity index (χ1n) is 9.59. The van der Waals surface area contributed by atoms with Gasteiger partial charge in [-0.15, -0.1) is 0 Å². The number of carbonyl (C=O) groups excluding carboxylic acids is 1. The summed E-state index contributed by atoms with van der Waals surface area (Å²) in [5, 5.41) is 0.981. The van der Waals surface area contributed by atoms with Crippen molar-refractivity contribution in [2.75, 3.05) is 25.2 Å². The number of rotatable bonds is 6. The summed E-state index contributed by atoms with van der Waals surface area (Å²) < 4.78 is 35.0. The number of carbonyl (C=O) groups is 1. The molecule has 31 heavy (non-hydrogen) atoms. The van der Waals surface area contributed by atoms with Crippen LogP contribution in [0.25, 0.3) is 0 Å². The summed E-state index contributed by atoms with van der Waals surface area (Å²) in [5.41, 5.74) is 0.976. The van der Waals surface area contributed by atoms with Crippen molar-refractivity contribution in [2.45, 2.75) is 17.8 Å². The highest BCUT2D eigenvalue weighted by molar-refractivity contribution is 8.15. The van der Waals surface area contributed by atoms with Gasteiger partial charge in [-0.25, -0.2) is 8.42 Å². The number of benzene rings is 2. The van der Waals surface area contributed by atoms with E-state index in [0.29, 0.717) is 22.5 Å². The van der Waals surface area contributed by atoms with Crippen LogP contribution in [0, 0.1) is 0 Å². The number of thioether (sulfide) groups is 1. The fraction of sp³-hybridized carbons (Fsp3) is 0.333. The highest BCUT2D eigenvalue weighted by Gasteiger charge is 2.48. The average Bonchev–Trinajstić information content (AvgIpc) is 3.20. The van der Waals surface area contributed by atoms with Crippen molar-refractivity contribution in [2.24, 2.45) is 4.99 Å². The minimum absolute atomic E-state index is 0.0648. The topological polar surface area (TPSA) is 85.3 Å². The van der Waals surface area contributed by atoms with E-state index in [9.17, 15) is 13.2 Å². The second-order valence-electron chi connectivity index (χ2n) is 7.31. The highest BCUT2D eigenvalue weighted by Crippen LogP contribution is 2.39. The van der Waals surface area contributed by atoms with Gasteiger partial charge in [0, 0.05) is 16.8 Å². The Balaban J connectivity index is 1.49. The molecule has 0 bridgehead atoms. The van der Waals surface area contributed by atoms with Crippen LogP contribution in [0.1, 0.15) is 5.56 Å². The standard InChI is InChI=1S/C21H21ClN2O5S2/c1-28-16-6-2-14(3-7-16)10-24-18-12-31(26,27)13-19(18)30-21(24)23-20(25)11-29-17-8-4-15(22)5-9-17/h2-9,18-19H,10-13H2,1H3/t18-,19-/m0/s1. The summed E-state index contributed by atoms with van der Waals surface area (Å²) >= 11 is 7.20. The third kappa shape index (κ3) is 5.34. The zero-order chi connectivity index (χ0) is 22.0. The average molecular weight is 481 g/mol. The van der Waals surface area contributed by atoms with E-state index in [2.05, 4.69) is 4.99 Å². The van der Waals surface area contributed by atoms with E-state index >= 15 is 0 Å². The van der Waals surface area contributed by atoms with E-state index < -0.39 is 15.7 Å². The number of sulfone groups is 1. The first-order chi connectivity index (χ1) is 14.8. The van der Waals surface area contributed by atoms with Gasteiger partial charge in [-0.05, 0) is 42.0 Å². The minimum Gasteiger partial charge on any atom is -0.497 e. The molecule has 0 saturated carbocycles. The Kier molecular flexibility index (Phi) is 6.45. The van der Waals surface area contributed by atoms with Crippen molar-refractivity contribution in [3.05, 3.63) is 59.1 Å². The molecule has 2 aromatic rings. The largest absolute Gasteiger partial charge is 0.497 e. The molecule has 2 fully saturated rings. The Morgan fingerprint density at radius 2 is 1.81 bits per heavy atom. The van der Waals surface area contributed by atoms with E-state index in [1.807, 2.05) is 29.2 Å². The van der Waals surface area contributed by atoms with Crippen LogP contribution in [0.4, 0.5) is 0 Å². The van der Waals surface area contributed by atoms with Crippen LogP contribution in [-0.2, 0) is 21.2 Å². The molecule has 2 saturated heterocycles. The Bertz CT molecular complexity index is 1090. The number of hydrogen-bond donors (Lipinski definition) is 0. The van der Waals surface area contributed by atoms with Crippen molar-refractivity contribution >= 4 is 44.3 Å². The van der Waals surface area contributed by atoms with Crippen LogP contribution in [0.5, 0.6) is 11.5 Å². The molecule has 2 aromatic carbocycles. The fourth-order valence-electron chi connectivity index (χ4n) is 3.56. The Morgan fingerprint density at radius 3 is 2.48 bits per heavy atom. The Labute approximate surface area is 190 Å². The van der Waals surface area contributed by atoms with Crippen molar-refractivity contribution in [1.82, 2.24) is 4.90 Å². The lowest BCUT2D eigenvalue weighted by molar-refractivity contribution is -0.119. The SMILES string of the molecule is COc1ccc(CN2C(=NC(=O)COc3ccc(Cl)cc3)S[C@H]3CS(=O)(=O)C[C@@H]32)cc1. The summed E-state index contributed by atoms with van der Waals surface area (Å²) in [4.78, 5) is 18.6. The molecule has 0 N–H and O–H groups in total. The predicted molar refractivity (Wildman–Crippen MR) is 122 cm³/mol. The van der Waals surface area contributed by atoms with Crippen LogP contribution < -0.4 is 9.47 Å². The Hall–Kier alpha value is -2.23. The van der Waals surface area contributed by atoms with Gasteiger partial charge in [0.15, 0.2) is 21.6 Å². The van der Waals surface area contributed by atoms with Crippen LogP contribution in [-0.4, -0.2) is 60.9 Å². The molecule has 4 rings (SSSR count). The van der Waals surface area contributed by atoms with Gasteiger partial charge in [-0.2, -0.15) is 4.99 Å². The predicted octanol–water partition coefficient (Wildman–Crippen LogP) is 3.02. The molecule has 0 unspecified atom stereocenters. The van der Waals surface area contributed by atoms with Gasteiger partial charge in [0.1, 0.15) is 11.5 Å². The summed E-state index contributed by atoms with van der Waals surface area (Å²) in [6.45, 7) is 0.244. The maximum absolute atomic E-state index is 12.5. The summed E-state index contributed by atoms with van der Waals surface area (Å²) in [6.07, 6.45) is 0. The third-order valence-electron chi connectivity index (χ3n) is 5.08. The molecule has 2 aliphatic heterocycles. The van der Waals surface area contributed by atoms with Crippen molar-refractivity contribution in [1.29, 1.82) is 0 Å². The quantitative estimate of drug-likeness (QED) is 0.628. The lowest BCUT2D eigenvalue weighted by Gasteiger charge is -2.24. The normalized spacial score (nSPS) is 23.0. The smallest absolute Gasteiger partial charge is 0.285 e. The van der Waals surface area contributed by atoms with Crippen molar-refractivity contribution < 1.29 is 22.7 Å². The first kappa shape index (κ1) is 22.0. The number of fused-ring (bicyclic) bond motifs is 1. The molecule has 0 radical (unpaired) electrons. The molecule has 0 spiro atoms. The van der Waals surface area contributed by atoms with E-state index in [-0.39, 0.29) is 29.4 Å².